The van der Waals surface area contributed by atoms with Gasteiger partial charge in [0, 0.05) is 54.9 Å². The van der Waals surface area contributed by atoms with Crippen LogP contribution in [-0.2, 0) is 101 Å². The summed E-state index contributed by atoms with van der Waals surface area (Å²) in [5.74, 6) is -4.46. The first-order valence-electron chi connectivity index (χ1n) is 29.9. The maximum absolute atomic E-state index is 15.5. The highest BCUT2D eigenvalue weighted by atomic mass is 19.1. The van der Waals surface area contributed by atoms with Gasteiger partial charge in [-0.15, -0.1) is 0 Å². The number of nitrogens with zero attached hydrogens (tertiary/aromatic N) is 3. The van der Waals surface area contributed by atoms with Crippen molar-refractivity contribution in [2.45, 2.75) is 117 Å². The number of esters is 1. The molecule has 2 aromatic heterocycles. The van der Waals surface area contributed by atoms with Crippen LogP contribution in [0.25, 0.3) is 22.3 Å². The Morgan fingerprint density at radius 3 is 1.91 bits per heavy atom. The molecule has 1 aliphatic carbocycles. The smallest absolute Gasteiger partial charge is 0.343 e. The number of amides is 6. The Morgan fingerprint density at radius 2 is 1.36 bits per heavy atom. The van der Waals surface area contributed by atoms with Gasteiger partial charge >= 0.3 is 5.97 Å². The minimum Gasteiger partial charge on any atom is -0.458 e. The van der Waals surface area contributed by atoms with Gasteiger partial charge in [0.05, 0.1) is 147 Å². The van der Waals surface area contributed by atoms with Crippen molar-refractivity contribution in [2.75, 3.05) is 119 Å². The SMILES string of the molecule is C=C(C)C1CC(=O)N(CCC(=O)NCCOCCOCCOCCOCCOCCOCCOCCOCCC(=O)N[C@H](C(=O)N[C@@H](C)C(=O)N[C@H]2CCc3c(C)c(F)cc4nc5c(c2c34)Cn2c-5cc3c(c2=O)COC(=O)[C@]3(O)CC)C(C)C)C1=O. The van der Waals surface area contributed by atoms with E-state index in [1.807, 2.05) is 0 Å². The molecule has 1 saturated heterocycles. The number of aryl methyl sites for hydroxylation is 1. The Hall–Kier alpha value is -6.62. The van der Waals surface area contributed by atoms with Crippen molar-refractivity contribution in [1.82, 2.24) is 35.7 Å². The number of carbonyl (C=O) groups excluding carboxylic acids is 7. The summed E-state index contributed by atoms with van der Waals surface area (Å²) in [5.41, 5.74) is 1.99. The van der Waals surface area contributed by atoms with Gasteiger partial charge in [-0.2, -0.15) is 0 Å². The zero-order valence-corrected chi connectivity index (χ0v) is 50.7. The molecule has 5 atom stereocenters. The topological polar surface area (TPSA) is 309 Å². The van der Waals surface area contributed by atoms with Crippen LogP contribution >= 0.6 is 0 Å². The van der Waals surface area contributed by atoms with Crippen molar-refractivity contribution >= 4 is 52.3 Å². The Kier molecular flexibility index (Phi) is 25.4. The van der Waals surface area contributed by atoms with Crippen LogP contribution in [0.15, 0.2) is 29.1 Å². The van der Waals surface area contributed by atoms with Crippen LogP contribution in [0.1, 0.15) is 106 Å². The Balaban J connectivity index is 0.687. The van der Waals surface area contributed by atoms with Crippen molar-refractivity contribution in [3.05, 3.63) is 73.8 Å². The van der Waals surface area contributed by atoms with E-state index in [1.54, 1.807) is 47.6 Å². The molecule has 478 valence electrons. The standard InChI is InChI=1S/C61H84FN7O18/c1-8-61(78)44-32-48-55-42(34-69(48)59(76)43(44)35-87-60(61)77)53-46(10-9-40-38(6)45(62)33-47(65-55)52(40)53)66-56(73)39(7)64-57(74)54(37(4)5)67-50(71)12-15-79-17-19-81-21-23-83-25-27-85-29-30-86-28-26-84-24-22-82-20-18-80-16-13-63-49(70)11-14-68-51(72)31-41(36(2)3)58(68)75/h32-33,37,39,41,46,54,78H,2,8-31,34-35H2,1,3-7H3,(H,63,70)(H,64,74)(H,66,73)(H,67,71)/t39-,41?,46-,54-,61-/m0/s1. The van der Waals surface area contributed by atoms with E-state index in [1.165, 1.54) is 10.6 Å². The molecule has 87 heavy (non-hydrogen) atoms. The van der Waals surface area contributed by atoms with Crippen LogP contribution in [0.5, 0.6) is 0 Å². The summed E-state index contributed by atoms with van der Waals surface area (Å²) >= 11 is 0. The molecule has 0 saturated carbocycles. The van der Waals surface area contributed by atoms with Crippen molar-refractivity contribution in [2.24, 2.45) is 11.8 Å². The van der Waals surface area contributed by atoms with E-state index in [0.29, 0.717) is 150 Å². The summed E-state index contributed by atoms with van der Waals surface area (Å²) in [6, 6.07) is 0.294. The lowest BCUT2D eigenvalue weighted by Gasteiger charge is -2.31. The van der Waals surface area contributed by atoms with E-state index in [0.717, 1.165) is 10.5 Å². The average molecular weight is 1220 g/mol. The van der Waals surface area contributed by atoms with Gasteiger partial charge < -0.3 is 73.6 Å². The second kappa shape index (κ2) is 32.6. The molecule has 6 amide bonds. The second-order valence-corrected chi connectivity index (χ2v) is 22.2. The maximum atomic E-state index is 15.5. The quantitative estimate of drug-likeness (QED) is 0.0186. The summed E-state index contributed by atoms with van der Waals surface area (Å²) in [6.07, 6.45) is 0.874. The largest absolute Gasteiger partial charge is 0.458 e. The summed E-state index contributed by atoms with van der Waals surface area (Å²) in [5, 5.41) is 23.4. The number of cyclic esters (lactones) is 1. The molecule has 4 aliphatic rings. The van der Waals surface area contributed by atoms with Gasteiger partial charge in [-0.3, -0.25) is 38.5 Å². The van der Waals surface area contributed by atoms with E-state index in [9.17, 15) is 43.5 Å². The van der Waals surface area contributed by atoms with Gasteiger partial charge in [0.25, 0.3) is 5.56 Å². The third kappa shape index (κ3) is 17.4. The first-order valence-corrected chi connectivity index (χ1v) is 29.9. The number of halogens is 1. The summed E-state index contributed by atoms with van der Waals surface area (Å²) in [7, 11) is 0. The molecular formula is C61H84FN7O18. The molecule has 25 nitrogen and oxygen atoms in total. The predicted octanol–water partition coefficient (Wildman–Crippen LogP) is 2.26. The molecule has 3 aliphatic heterocycles. The van der Waals surface area contributed by atoms with E-state index < -0.39 is 64.7 Å². The zero-order valence-electron chi connectivity index (χ0n) is 50.7. The molecule has 1 aromatic carbocycles. The monoisotopic (exact) mass is 1220 g/mol. The number of imide groups is 1. The third-order valence-electron chi connectivity index (χ3n) is 15.8. The first kappa shape index (κ1) is 67.9. The van der Waals surface area contributed by atoms with Crippen LogP contribution in [0.2, 0.25) is 0 Å². The van der Waals surface area contributed by atoms with Crippen molar-refractivity contribution < 1.29 is 85.7 Å². The lowest BCUT2D eigenvalue weighted by atomic mass is 9.81. The molecule has 0 spiro atoms. The summed E-state index contributed by atoms with van der Waals surface area (Å²) in [4.78, 5) is 110. The zero-order chi connectivity index (χ0) is 62.8. The number of benzene rings is 1. The Bertz CT molecular complexity index is 3050. The number of ether oxygens (including phenoxy) is 9. The molecule has 5 heterocycles. The molecule has 1 fully saturated rings. The number of fused-ring (bicyclic) bond motifs is 5. The van der Waals surface area contributed by atoms with Crippen LogP contribution in [-0.4, -0.2) is 192 Å². The number of likely N-dealkylation sites (tertiary alicyclic amines) is 1. The summed E-state index contributed by atoms with van der Waals surface area (Å²) in [6.45, 7) is 19.4. The molecule has 3 aromatic rings. The number of carbonyl (C=O) groups is 7. The molecule has 0 bridgehead atoms. The van der Waals surface area contributed by atoms with Gasteiger partial charge in [-0.25, -0.2) is 14.2 Å². The lowest BCUT2D eigenvalue weighted by molar-refractivity contribution is -0.172. The number of aromatic nitrogens is 2. The highest BCUT2D eigenvalue weighted by Crippen LogP contribution is 2.46. The van der Waals surface area contributed by atoms with Gasteiger partial charge in [0.1, 0.15) is 24.5 Å². The molecule has 7 rings (SSSR count). The number of nitrogens with one attached hydrogen (secondary N) is 4. The Morgan fingerprint density at radius 1 is 0.782 bits per heavy atom. The third-order valence-corrected chi connectivity index (χ3v) is 15.8. The fourth-order valence-electron chi connectivity index (χ4n) is 10.8. The van der Waals surface area contributed by atoms with E-state index in [-0.39, 0.29) is 100.0 Å². The minimum absolute atomic E-state index is 0.0191. The number of hydrogen-bond donors (Lipinski definition) is 5. The number of aliphatic hydroxyl groups is 1. The predicted molar refractivity (Wildman–Crippen MR) is 311 cm³/mol. The molecule has 1 unspecified atom stereocenters. The van der Waals surface area contributed by atoms with Crippen molar-refractivity contribution in [3.8, 4) is 11.4 Å². The van der Waals surface area contributed by atoms with Gasteiger partial charge in [-0.1, -0.05) is 32.9 Å². The highest BCUT2D eigenvalue weighted by Gasteiger charge is 2.46. The second-order valence-electron chi connectivity index (χ2n) is 22.2. The molecule has 0 radical (unpaired) electrons. The molecule has 26 heteroatoms. The van der Waals surface area contributed by atoms with E-state index in [4.69, 9.17) is 47.6 Å². The van der Waals surface area contributed by atoms with Gasteiger partial charge in [-0.05, 0) is 68.7 Å². The van der Waals surface area contributed by atoms with E-state index in [2.05, 4.69) is 27.8 Å². The van der Waals surface area contributed by atoms with Crippen LogP contribution in [0.4, 0.5) is 4.39 Å². The van der Waals surface area contributed by atoms with Crippen molar-refractivity contribution in [3.63, 3.8) is 0 Å². The minimum atomic E-state index is -2.04. The van der Waals surface area contributed by atoms with Crippen LogP contribution in [0.3, 0.4) is 0 Å². The number of rotatable bonds is 38. The van der Waals surface area contributed by atoms with Gasteiger partial charge in [0.15, 0.2) is 5.60 Å². The highest BCUT2D eigenvalue weighted by molar-refractivity contribution is 6.05. The summed E-state index contributed by atoms with van der Waals surface area (Å²) < 4.78 is 66.3. The van der Waals surface area contributed by atoms with Crippen LogP contribution in [0, 0.1) is 24.6 Å². The number of hydrogen-bond acceptors (Lipinski definition) is 19. The normalized spacial score (nSPS) is 18.3. The average Bonchev–Trinajstić information content (AvgIpc) is 1.79. The number of pyridine rings is 2. The first-order chi connectivity index (χ1) is 41.8. The lowest BCUT2D eigenvalue weighted by Crippen LogP contribution is -2.55. The molecule has 5 N–H and O–H groups in total. The Labute approximate surface area is 504 Å². The fourth-order valence-corrected chi connectivity index (χ4v) is 10.8. The van der Waals surface area contributed by atoms with Gasteiger partial charge in [0.2, 0.25) is 35.4 Å². The maximum Gasteiger partial charge on any atom is 0.343 e. The van der Waals surface area contributed by atoms with Crippen molar-refractivity contribution in [1.29, 1.82) is 0 Å². The van der Waals surface area contributed by atoms with Crippen LogP contribution < -0.4 is 26.8 Å². The molecular weight excluding hydrogens is 1140 g/mol. The van der Waals surface area contributed by atoms with E-state index >= 15 is 4.39 Å². The fraction of sp³-hybridized carbons (Fsp3) is 0.623.